The van der Waals surface area contributed by atoms with Crippen LogP contribution < -0.4 is 5.32 Å². The fraction of sp³-hybridized carbons (Fsp3) is 0.500. The van der Waals surface area contributed by atoms with Gasteiger partial charge in [0.1, 0.15) is 5.82 Å². The Bertz CT molecular complexity index is 599. The molecule has 2 aliphatic rings. The number of nitrogens with zero attached hydrogens (tertiary/aromatic N) is 2. The number of benzene rings is 1. The molecule has 1 N–H and O–H groups in total. The van der Waals surface area contributed by atoms with Crippen LogP contribution in [0.2, 0.25) is 0 Å². The second-order valence-electron chi connectivity index (χ2n) is 5.63. The molecule has 1 aromatic rings. The van der Waals surface area contributed by atoms with E-state index in [0.29, 0.717) is 19.1 Å². The Morgan fingerprint density at radius 1 is 1.27 bits per heavy atom. The molecule has 0 aromatic heterocycles. The van der Waals surface area contributed by atoms with Crippen molar-refractivity contribution < 1.29 is 14.1 Å². The van der Waals surface area contributed by atoms with Gasteiger partial charge in [-0.1, -0.05) is 0 Å². The molecular formula is C14H17ClFN3O3. The van der Waals surface area contributed by atoms with Crippen molar-refractivity contribution in [1.29, 1.82) is 0 Å². The van der Waals surface area contributed by atoms with Crippen LogP contribution >= 0.6 is 12.4 Å². The molecule has 6 nitrogen and oxygen atoms in total. The molecule has 120 valence electrons. The molecule has 8 heteroatoms. The second-order valence-corrected chi connectivity index (χ2v) is 5.63. The van der Waals surface area contributed by atoms with Crippen LogP contribution in [0, 0.1) is 15.9 Å². The smallest absolute Gasteiger partial charge is 0.273 e. The van der Waals surface area contributed by atoms with Crippen LogP contribution in [0.1, 0.15) is 29.6 Å². The Balaban J connectivity index is 0.00000176. The number of likely N-dealkylation sites (tertiary alicyclic amines) is 1. The minimum Gasteiger partial charge on any atom is -0.337 e. The van der Waals surface area contributed by atoms with Gasteiger partial charge in [-0.05, 0) is 25.3 Å². The first-order chi connectivity index (χ1) is 10.0. The van der Waals surface area contributed by atoms with Crippen molar-refractivity contribution in [3.63, 3.8) is 0 Å². The molecule has 0 radical (unpaired) electrons. The van der Waals surface area contributed by atoms with Gasteiger partial charge in [-0.2, -0.15) is 0 Å². The van der Waals surface area contributed by atoms with Crippen molar-refractivity contribution >= 4 is 24.0 Å². The molecule has 2 unspecified atom stereocenters. The topological polar surface area (TPSA) is 75.5 Å². The molecule has 0 saturated carbocycles. The zero-order valence-corrected chi connectivity index (χ0v) is 12.6. The average Bonchev–Trinajstić information content (AvgIpc) is 2.77. The highest BCUT2D eigenvalue weighted by molar-refractivity contribution is 5.95. The number of nitro groups is 1. The summed E-state index contributed by atoms with van der Waals surface area (Å²) in [4.78, 5) is 24.2. The van der Waals surface area contributed by atoms with E-state index < -0.39 is 16.4 Å². The van der Waals surface area contributed by atoms with Gasteiger partial charge in [0, 0.05) is 36.8 Å². The maximum Gasteiger partial charge on any atom is 0.273 e. The summed E-state index contributed by atoms with van der Waals surface area (Å²) in [5.74, 6) is -1.10. The number of halogens is 2. The first-order valence-electron chi connectivity index (χ1n) is 7.03. The lowest BCUT2D eigenvalue weighted by atomic mass is 10.1. The Kier molecular flexibility index (Phi) is 4.97. The Labute approximate surface area is 133 Å². The predicted molar refractivity (Wildman–Crippen MR) is 80.8 cm³/mol. The summed E-state index contributed by atoms with van der Waals surface area (Å²) in [6, 6.07) is 3.73. The van der Waals surface area contributed by atoms with E-state index in [0.717, 1.165) is 37.5 Å². The number of carbonyl (C=O) groups excluding carboxylic acids is 1. The molecule has 0 aliphatic carbocycles. The van der Waals surface area contributed by atoms with Crippen molar-refractivity contribution in [3.8, 4) is 0 Å². The van der Waals surface area contributed by atoms with E-state index >= 15 is 0 Å². The summed E-state index contributed by atoms with van der Waals surface area (Å²) in [5, 5.41) is 14.2. The fourth-order valence-electron chi connectivity index (χ4n) is 3.11. The highest BCUT2D eigenvalue weighted by Gasteiger charge is 2.31. The highest BCUT2D eigenvalue weighted by Crippen LogP contribution is 2.23. The number of non-ortho nitro benzene ring substituents is 1. The molecule has 1 amide bonds. The molecule has 22 heavy (non-hydrogen) atoms. The number of fused-ring (bicyclic) bond motifs is 2. The lowest BCUT2D eigenvalue weighted by Gasteiger charge is -2.24. The van der Waals surface area contributed by atoms with Gasteiger partial charge in [-0.15, -0.1) is 12.4 Å². The van der Waals surface area contributed by atoms with Crippen molar-refractivity contribution in [3.05, 3.63) is 39.7 Å². The van der Waals surface area contributed by atoms with E-state index in [1.165, 1.54) is 0 Å². The van der Waals surface area contributed by atoms with Gasteiger partial charge >= 0.3 is 0 Å². The van der Waals surface area contributed by atoms with Gasteiger partial charge < -0.3 is 10.2 Å². The lowest BCUT2D eigenvalue weighted by molar-refractivity contribution is -0.385. The first kappa shape index (κ1) is 16.6. The summed E-state index contributed by atoms with van der Waals surface area (Å²) in [7, 11) is 0. The lowest BCUT2D eigenvalue weighted by Crippen LogP contribution is -2.39. The van der Waals surface area contributed by atoms with Gasteiger partial charge in [0.15, 0.2) is 0 Å². The number of hydrogen-bond donors (Lipinski definition) is 1. The maximum atomic E-state index is 13.5. The molecule has 2 saturated heterocycles. The minimum absolute atomic E-state index is 0. The fourth-order valence-corrected chi connectivity index (χ4v) is 3.11. The molecule has 2 aliphatic heterocycles. The number of nitro benzene ring substituents is 1. The van der Waals surface area contributed by atoms with Crippen LogP contribution in [-0.2, 0) is 0 Å². The molecule has 2 heterocycles. The summed E-state index contributed by atoms with van der Waals surface area (Å²) < 4.78 is 13.5. The largest absolute Gasteiger partial charge is 0.337 e. The monoisotopic (exact) mass is 329 g/mol. The van der Waals surface area contributed by atoms with Crippen molar-refractivity contribution in [2.75, 3.05) is 13.1 Å². The first-order valence-corrected chi connectivity index (χ1v) is 7.03. The van der Waals surface area contributed by atoms with Gasteiger partial charge in [-0.25, -0.2) is 4.39 Å². The van der Waals surface area contributed by atoms with Gasteiger partial charge in [-0.3, -0.25) is 14.9 Å². The van der Waals surface area contributed by atoms with Crippen LogP contribution in [0.5, 0.6) is 0 Å². The predicted octanol–water partition coefficient (Wildman–Crippen LogP) is 2.12. The molecule has 0 spiro atoms. The molecule has 1 aromatic carbocycles. The van der Waals surface area contributed by atoms with Gasteiger partial charge in [0.05, 0.1) is 11.0 Å². The van der Waals surface area contributed by atoms with Crippen LogP contribution in [-0.4, -0.2) is 40.9 Å². The van der Waals surface area contributed by atoms with Crippen molar-refractivity contribution in [2.24, 2.45) is 0 Å². The molecule has 3 rings (SSSR count). The zero-order valence-electron chi connectivity index (χ0n) is 11.8. The molecule has 2 atom stereocenters. The van der Waals surface area contributed by atoms with E-state index in [2.05, 4.69) is 5.32 Å². The van der Waals surface area contributed by atoms with Crippen molar-refractivity contribution in [1.82, 2.24) is 10.2 Å². The maximum absolute atomic E-state index is 13.5. The Hall–Kier alpha value is -1.73. The third-order valence-electron chi connectivity index (χ3n) is 4.15. The summed E-state index contributed by atoms with van der Waals surface area (Å²) in [6.45, 7) is 1.16. The van der Waals surface area contributed by atoms with E-state index in [-0.39, 0.29) is 29.9 Å². The third kappa shape index (κ3) is 3.36. The van der Waals surface area contributed by atoms with E-state index in [4.69, 9.17) is 0 Å². The quantitative estimate of drug-likeness (QED) is 0.666. The van der Waals surface area contributed by atoms with E-state index in [1.807, 2.05) is 0 Å². The summed E-state index contributed by atoms with van der Waals surface area (Å²) >= 11 is 0. The van der Waals surface area contributed by atoms with Crippen molar-refractivity contribution in [2.45, 2.75) is 31.3 Å². The van der Waals surface area contributed by atoms with Crippen LogP contribution in [0.4, 0.5) is 10.1 Å². The third-order valence-corrected chi connectivity index (χ3v) is 4.15. The molecule has 2 bridgehead atoms. The number of nitrogens with one attached hydrogen (secondary N) is 1. The standard InChI is InChI=1S/C14H16FN3O3.ClH/c15-10-5-9(6-13(7-10)18(20)21)14(19)17-4-3-11-1-2-12(8-17)16-11;/h5-7,11-12,16H,1-4,8H2;1H. The summed E-state index contributed by atoms with van der Waals surface area (Å²) in [6.07, 6.45) is 3.01. The van der Waals surface area contributed by atoms with Gasteiger partial charge in [0.2, 0.25) is 0 Å². The average molecular weight is 330 g/mol. The number of amides is 1. The van der Waals surface area contributed by atoms with E-state index in [9.17, 15) is 19.3 Å². The minimum atomic E-state index is -0.762. The van der Waals surface area contributed by atoms with Gasteiger partial charge in [0.25, 0.3) is 11.6 Å². The number of rotatable bonds is 2. The zero-order chi connectivity index (χ0) is 15.0. The summed E-state index contributed by atoms with van der Waals surface area (Å²) in [5.41, 5.74) is -0.354. The van der Waals surface area contributed by atoms with Crippen LogP contribution in [0.25, 0.3) is 0 Å². The highest BCUT2D eigenvalue weighted by atomic mass is 35.5. The van der Waals surface area contributed by atoms with E-state index in [1.54, 1.807) is 4.90 Å². The SMILES string of the molecule is Cl.O=C(c1cc(F)cc([N+](=O)[O-])c1)N1CCC2CCC(C1)N2. The van der Waals surface area contributed by atoms with Crippen LogP contribution in [0.15, 0.2) is 18.2 Å². The number of carbonyl (C=O) groups is 1. The van der Waals surface area contributed by atoms with Crippen LogP contribution in [0.3, 0.4) is 0 Å². The second kappa shape index (κ2) is 6.58. The number of hydrogen-bond acceptors (Lipinski definition) is 4. The molecular weight excluding hydrogens is 313 g/mol. The molecule has 2 fully saturated rings. The Morgan fingerprint density at radius 3 is 2.73 bits per heavy atom. The normalized spacial score (nSPS) is 23.6. The Morgan fingerprint density at radius 2 is 2.00 bits per heavy atom.